The number of hydrogen-bond acceptors (Lipinski definition) is 3. The molecule has 2 aliphatic rings. The summed E-state index contributed by atoms with van der Waals surface area (Å²) >= 11 is 0. The molecule has 1 aliphatic carbocycles. The molecule has 1 heterocycles. The minimum absolute atomic E-state index is 0.160. The Labute approximate surface area is 103 Å². The normalized spacial score (nSPS) is 32.0. The summed E-state index contributed by atoms with van der Waals surface area (Å²) in [7, 11) is 0. The predicted molar refractivity (Wildman–Crippen MR) is 65.6 cm³/mol. The van der Waals surface area contributed by atoms with E-state index in [1.165, 1.54) is 0 Å². The molecule has 1 atom stereocenters. The van der Waals surface area contributed by atoms with Crippen molar-refractivity contribution in [1.29, 1.82) is 0 Å². The second-order valence-corrected chi connectivity index (χ2v) is 5.27. The van der Waals surface area contributed by atoms with Crippen LogP contribution in [0.15, 0.2) is 12.2 Å². The second kappa shape index (κ2) is 4.91. The number of unbranched alkanes of at least 4 members (excludes halogenated alkanes) is 1. The molecule has 0 amide bonds. The molecule has 0 saturated carbocycles. The average Bonchev–Trinajstić information content (AvgIpc) is 2.81. The lowest BCUT2D eigenvalue weighted by atomic mass is 9.72. The summed E-state index contributed by atoms with van der Waals surface area (Å²) < 4.78 is 11.9. The fourth-order valence-corrected chi connectivity index (χ4v) is 2.77. The Morgan fingerprint density at radius 2 is 2.06 bits per heavy atom. The molecule has 1 unspecified atom stereocenters. The van der Waals surface area contributed by atoms with Gasteiger partial charge in [0.25, 0.3) is 0 Å². The number of carbonyl (C=O) groups is 1. The highest BCUT2D eigenvalue weighted by molar-refractivity contribution is 5.90. The van der Waals surface area contributed by atoms with E-state index >= 15 is 0 Å². The largest absolute Gasteiger partial charge is 0.347 e. The van der Waals surface area contributed by atoms with E-state index in [-0.39, 0.29) is 11.2 Å². The zero-order valence-electron chi connectivity index (χ0n) is 10.8. The van der Waals surface area contributed by atoms with Gasteiger partial charge in [-0.25, -0.2) is 0 Å². The van der Waals surface area contributed by atoms with Crippen LogP contribution in [0.5, 0.6) is 0 Å². The van der Waals surface area contributed by atoms with Gasteiger partial charge in [-0.05, 0) is 18.9 Å². The molecule has 3 nitrogen and oxygen atoms in total. The maximum atomic E-state index is 11.3. The van der Waals surface area contributed by atoms with Crippen molar-refractivity contribution in [3.63, 3.8) is 0 Å². The third-order valence-electron chi connectivity index (χ3n) is 4.01. The van der Waals surface area contributed by atoms with Gasteiger partial charge >= 0.3 is 0 Å². The van der Waals surface area contributed by atoms with Crippen molar-refractivity contribution >= 4 is 5.78 Å². The molecule has 1 saturated heterocycles. The van der Waals surface area contributed by atoms with Crippen LogP contribution in [0.4, 0.5) is 0 Å². The molecule has 3 heteroatoms. The van der Waals surface area contributed by atoms with Gasteiger partial charge in [0.1, 0.15) is 0 Å². The van der Waals surface area contributed by atoms with Gasteiger partial charge in [-0.1, -0.05) is 26.3 Å². The molecule has 96 valence electrons. The molecule has 0 aromatic rings. The zero-order chi connectivity index (χ0) is 12.4. The standard InChI is InChI=1S/C14H22O3/c1-3-4-7-14(16-10-11-17-14)13(2)8-5-12(15)6-9-13/h5,8H,3-4,6-7,9-11H2,1-2H3. The molecule has 0 spiro atoms. The summed E-state index contributed by atoms with van der Waals surface area (Å²) in [5.74, 6) is -0.286. The zero-order valence-corrected chi connectivity index (χ0v) is 10.8. The number of ether oxygens (including phenoxy) is 2. The number of rotatable bonds is 4. The van der Waals surface area contributed by atoms with Crippen molar-refractivity contribution in [3.8, 4) is 0 Å². The van der Waals surface area contributed by atoms with Gasteiger partial charge in [0, 0.05) is 18.3 Å². The van der Waals surface area contributed by atoms with Crippen molar-refractivity contribution in [3.05, 3.63) is 12.2 Å². The van der Waals surface area contributed by atoms with E-state index in [0.717, 1.165) is 25.7 Å². The fourth-order valence-electron chi connectivity index (χ4n) is 2.77. The van der Waals surface area contributed by atoms with Gasteiger partial charge in [-0.2, -0.15) is 0 Å². The highest BCUT2D eigenvalue weighted by atomic mass is 16.7. The lowest BCUT2D eigenvalue weighted by Gasteiger charge is -2.44. The van der Waals surface area contributed by atoms with E-state index in [9.17, 15) is 4.79 Å². The molecule has 0 aromatic carbocycles. The van der Waals surface area contributed by atoms with Crippen LogP contribution >= 0.6 is 0 Å². The van der Waals surface area contributed by atoms with Crippen molar-refractivity contribution in [2.24, 2.45) is 5.41 Å². The van der Waals surface area contributed by atoms with Crippen LogP contribution in [0.1, 0.15) is 46.0 Å². The third kappa shape index (κ3) is 2.31. The summed E-state index contributed by atoms with van der Waals surface area (Å²) in [5.41, 5.74) is -0.160. The maximum absolute atomic E-state index is 11.3. The summed E-state index contributed by atoms with van der Waals surface area (Å²) in [4.78, 5) is 11.3. The van der Waals surface area contributed by atoms with E-state index in [0.29, 0.717) is 19.6 Å². The Morgan fingerprint density at radius 3 is 2.59 bits per heavy atom. The number of ketones is 1. The molecule has 0 radical (unpaired) electrons. The van der Waals surface area contributed by atoms with Crippen LogP contribution in [0, 0.1) is 5.41 Å². The molecule has 2 rings (SSSR count). The average molecular weight is 238 g/mol. The first-order valence-electron chi connectivity index (χ1n) is 6.62. The first-order valence-corrected chi connectivity index (χ1v) is 6.62. The van der Waals surface area contributed by atoms with E-state index in [4.69, 9.17) is 9.47 Å². The molecule has 0 aromatic heterocycles. The van der Waals surface area contributed by atoms with Crippen molar-refractivity contribution < 1.29 is 14.3 Å². The number of hydrogen-bond donors (Lipinski definition) is 0. The lowest BCUT2D eigenvalue weighted by molar-refractivity contribution is -0.225. The van der Waals surface area contributed by atoms with E-state index in [1.807, 2.05) is 6.08 Å². The Hall–Kier alpha value is -0.670. The summed E-state index contributed by atoms with van der Waals surface area (Å²) in [5, 5.41) is 0. The maximum Gasteiger partial charge on any atom is 0.177 e. The Bertz CT molecular complexity index is 315. The highest BCUT2D eigenvalue weighted by Gasteiger charge is 2.51. The van der Waals surface area contributed by atoms with E-state index in [1.54, 1.807) is 6.08 Å². The third-order valence-corrected chi connectivity index (χ3v) is 4.01. The van der Waals surface area contributed by atoms with E-state index < -0.39 is 5.79 Å². The van der Waals surface area contributed by atoms with Crippen LogP contribution in [-0.4, -0.2) is 24.8 Å². The van der Waals surface area contributed by atoms with Crippen LogP contribution in [0.2, 0.25) is 0 Å². The quantitative estimate of drug-likeness (QED) is 0.755. The Kier molecular flexibility index (Phi) is 3.69. The van der Waals surface area contributed by atoms with Crippen LogP contribution in [0.25, 0.3) is 0 Å². The van der Waals surface area contributed by atoms with Gasteiger partial charge in [0.05, 0.1) is 13.2 Å². The first-order chi connectivity index (χ1) is 8.12. The topological polar surface area (TPSA) is 35.5 Å². The van der Waals surface area contributed by atoms with Crippen LogP contribution < -0.4 is 0 Å². The molecule has 0 N–H and O–H groups in total. The molecular weight excluding hydrogens is 216 g/mol. The number of allylic oxidation sites excluding steroid dienone is 1. The van der Waals surface area contributed by atoms with Crippen molar-refractivity contribution in [2.45, 2.75) is 51.7 Å². The van der Waals surface area contributed by atoms with Crippen LogP contribution in [0.3, 0.4) is 0 Å². The van der Waals surface area contributed by atoms with Gasteiger partial charge < -0.3 is 9.47 Å². The fraction of sp³-hybridized carbons (Fsp3) is 0.786. The van der Waals surface area contributed by atoms with Crippen molar-refractivity contribution in [2.75, 3.05) is 13.2 Å². The number of carbonyl (C=O) groups excluding carboxylic acids is 1. The Balaban J connectivity index is 2.20. The Morgan fingerprint density at radius 1 is 1.35 bits per heavy atom. The summed E-state index contributed by atoms with van der Waals surface area (Å²) in [6.07, 6.45) is 8.27. The monoisotopic (exact) mass is 238 g/mol. The van der Waals surface area contributed by atoms with E-state index in [2.05, 4.69) is 13.8 Å². The molecule has 17 heavy (non-hydrogen) atoms. The van der Waals surface area contributed by atoms with Crippen molar-refractivity contribution in [1.82, 2.24) is 0 Å². The van der Waals surface area contributed by atoms with Crippen LogP contribution in [-0.2, 0) is 14.3 Å². The SMILES string of the molecule is CCCCC1(C2(C)C=CC(=O)CC2)OCCO1. The highest BCUT2D eigenvalue weighted by Crippen LogP contribution is 2.47. The minimum Gasteiger partial charge on any atom is -0.347 e. The smallest absolute Gasteiger partial charge is 0.177 e. The minimum atomic E-state index is -0.500. The molecule has 1 aliphatic heterocycles. The molecule has 0 bridgehead atoms. The summed E-state index contributed by atoms with van der Waals surface area (Å²) in [6.45, 7) is 5.66. The molecule has 1 fully saturated rings. The lowest BCUT2D eigenvalue weighted by Crippen LogP contribution is -2.47. The van der Waals surface area contributed by atoms with Gasteiger partial charge in [-0.3, -0.25) is 4.79 Å². The van der Waals surface area contributed by atoms with Gasteiger partial charge in [0.15, 0.2) is 11.6 Å². The van der Waals surface area contributed by atoms with Gasteiger partial charge in [0.2, 0.25) is 0 Å². The second-order valence-electron chi connectivity index (χ2n) is 5.27. The summed E-state index contributed by atoms with van der Waals surface area (Å²) in [6, 6.07) is 0. The molecular formula is C14H22O3. The first kappa shape index (κ1) is 12.8. The predicted octanol–water partition coefficient (Wildman–Crippen LogP) is 2.85. The van der Waals surface area contributed by atoms with Gasteiger partial charge in [-0.15, -0.1) is 0 Å².